The minimum Gasteiger partial charge on any atom is -0.324 e. The molecule has 1 aromatic carbocycles. The monoisotopic (exact) mass is 363 g/mol. The molecule has 1 aliphatic carbocycles. The van der Waals surface area contributed by atoms with Crippen LogP contribution in [0, 0.1) is 0 Å². The van der Waals surface area contributed by atoms with Gasteiger partial charge in [0.1, 0.15) is 11.6 Å². The number of hydrogen-bond acceptors (Lipinski definition) is 3. The van der Waals surface area contributed by atoms with Crippen LogP contribution in [0.4, 0.5) is 10.5 Å². The van der Waals surface area contributed by atoms with Gasteiger partial charge in [-0.15, -0.1) is 0 Å². The fourth-order valence-electron chi connectivity index (χ4n) is 3.59. The van der Waals surface area contributed by atoms with E-state index in [1.54, 1.807) is 31.2 Å². The number of benzene rings is 1. The maximum absolute atomic E-state index is 12.9. The second-order valence-electron chi connectivity index (χ2n) is 6.78. The van der Waals surface area contributed by atoms with Gasteiger partial charge < -0.3 is 10.6 Å². The Morgan fingerprint density at radius 2 is 1.92 bits per heavy atom. The van der Waals surface area contributed by atoms with E-state index in [-0.39, 0.29) is 5.91 Å². The van der Waals surface area contributed by atoms with Crippen molar-refractivity contribution in [1.82, 2.24) is 10.2 Å². The van der Waals surface area contributed by atoms with Gasteiger partial charge >= 0.3 is 6.03 Å². The predicted molar refractivity (Wildman–Crippen MR) is 95.4 cm³/mol. The standard InChI is InChI=1S/C18H22ClN3O3/c1-12(15(23)20-14-8-6-7-13(19)11-14)22-16(24)18(21-17(22)25)9-4-2-3-5-10-18/h6-8,11-12H,2-5,9-10H2,1H3,(H,20,23)(H,21,25). The van der Waals surface area contributed by atoms with Crippen LogP contribution in [0.2, 0.25) is 5.02 Å². The molecule has 2 fully saturated rings. The summed E-state index contributed by atoms with van der Waals surface area (Å²) in [4.78, 5) is 38.9. The molecule has 7 heteroatoms. The summed E-state index contributed by atoms with van der Waals surface area (Å²) >= 11 is 5.91. The Kier molecular flexibility index (Phi) is 4.99. The van der Waals surface area contributed by atoms with E-state index in [2.05, 4.69) is 10.6 Å². The first-order valence-corrected chi connectivity index (χ1v) is 9.03. The molecule has 134 valence electrons. The Bertz CT molecular complexity index is 699. The number of halogens is 1. The molecule has 4 amide bonds. The quantitative estimate of drug-likeness (QED) is 0.808. The fourth-order valence-corrected chi connectivity index (χ4v) is 3.78. The molecule has 2 N–H and O–H groups in total. The number of amides is 4. The summed E-state index contributed by atoms with van der Waals surface area (Å²) in [5.41, 5.74) is -0.307. The number of anilines is 1. The zero-order valence-corrected chi connectivity index (χ0v) is 14.9. The minimum absolute atomic E-state index is 0.284. The van der Waals surface area contributed by atoms with E-state index >= 15 is 0 Å². The van der Waals surface area contributed by atoms with Crippen molar-refractivity contribution in [2.24, 2.45) is 0 Å². The zero-order valence-electron chi connectivity index (χ0n) is 14.2. The highest BCUT2D eigenvalue weighted by Gasteiger charge is 2.53. The molecule has 1 aliphatic heterocycles. The molecule has 1 spiro atoms. The summed E-state index contributed by atoms with van der Waals surface area (Å²) in [6, 6.07) is 5.36. The highest BCUT2D eigenvalue weighted by Crippen LogP contribution is 2.33. The van der Waals surface area contributed by atoms with Gasteiger partial charge in [0.25, 0.3) is 5.91 Å². The van der Waals surface area contributed by atoms with Gasteiger partial charge in [-0.3, -0.25) is 9.59 Å². The molecule has 6 nitrogen and oxygen atoms in total. The van der Waals surface area contributed by atoms with Crippen LogP contribution in [-0.2, 0) is 9.59 Å². The van der Waals surface area contributed by atoms with Crippen molar-refractivity contribution in [1.29, 1.82) is 0 Å². The third-order valence-electron chi connectivity index (χ3n) is 5.01. The highest BCUT2D eigenvalue weighted by molar-refractivity contribution is 6.30. The van der Waals surface area contributed by atoms with Crippen molar-refractivity contribution < 1.29 is 14.4 Å². The van der Waals surface area contributed by atoms with Crippen molar-refractivity contribution in [2.45, 2.75) is 57.0 Å². The molecule has 2 aliphatic rings. The Morgan fingerprint density at radius 1 is 1.24 bits per heavy atom. The van der Waals surface area contributed by atoms with Gasteiger partial charge in [-0.25, -0.2) is 9.69 Å². The lowest BCUT2D eigenvalue weighted by Gasteiger charge is -2.26. The van der Waals surface area contributed by atoms with E-state index in [1.807, 2.05) is 0 Å². The average molecular weight is 364 g/mol. The van der Waals surface area contributed by atoms with Crippen LogP contribution in [0.15, 0.2) is 24.3 Å². The summed E-state index contributed by atoms with van der Waals surface area (Å²) in [7, 11) is 0. The smallest absolute Gasteiger partial charge is 0.324 e. The number of nitrogens with zero attached hydrogens (tertiary/aromatic N) is 1. The number of rotatable bonds is 3. The lowest BCUT2D eigenvalue weighted by molar-refractivity contribution is -0.136. The largest absolute Gasteiger partial charge is 0.325 e. The summed E-state index contributed by atoms with van der Waals surface area (Å²) < 4.78 is 0. The molecule has 3 rings (SSSR count). The van der Waals surface area contributed by atoms with Crippen LogP contribution in [0.5, 0.6) is 0 Å². The molecular formula is C18H22ClN3O3. The molecule has 0 aromatic heterocycles. The van der Waals surface area contributed by atoms with Gasteiger partial charge in [-0.1, -0.05) is 43.4 Å². The lowest BCUT2D eigenvalue weighted by atomic mass is 9.90. The second-order valence-corrected chi connectivity index (χ2v) is 7.21. The first-order chi connectivity index (χ1) is 11.9. The van der Waals surface area contributed by atoms with E-state index in [0.29, 0.717) is 23.6 Å². The van der Waals surface area contributed by atoms with Crippen molar-refractivity contribution in [3.63, 3.8) is 0 Å². The third-order valence-corrected chi connectivity index (χ3v) is 5.24. The Balaban J connectivity index is 1.74. The lowest BCUT2D eigenvalue weighted by Crippen LogP contribution is -2.49. The van der Waals surface area contributed by atoms with Crippen molar-refractivity contribution >= 4 is 35.1 Å². The molecule has 0 bridgehead atoms. The molecule has 0 radical (unpaired) electrons. The molecule has 1 aromatic rings. The maximum atomic E-state index is 12.9. The summed E-state index contributed by atoms with van der Waals surface area (Å²) in [6.07, 6.45) is 5.21. The van der Waals surface area contributed by atoms with Crippen molar-refractivity contribution in [3.8, 4) is 0 Å². The molecule has 25 heavy (non-hydrogen) atoms. The van der Waals surface area contributed by atoms with E-state index in [0.717, 1.165) is 30.6 Å². The van der Waals surface area contributed by atoms with Crippen LogP contribution in [-0.4, -0.2) is 34.3 Å². The van der Waals surface area contributed by atoms with Crippen LogP contribution in [0.3, 0.4) is 0 Å². The summed E-state index contributed by atoms with van der Waals surface area (Å²) in [5.74, 6) is -0.704. The van der Waals surface area contributed by atoms with Crippen LogP contribution in [0.25, 0.3) is 0 Å². The van der Waals surface area contributed by atoms with Crippen molar-refractivity contribution in [2.75, 3.05) is 5.32 Å². The van der Waals surface area contributed by atoms with Gasteiger partial charge in [-0.2, -0.15) is 0 Å². The SMILES string of the molecule is CC(C(=O)Nc1cccc(Cl)c1)N1C(=O)NC2(CCCCCC2)C1=O. The maximum Gasteiger partial charge on any atom is 0.325 e. The van der Waals surface area contributed by atoms with Gasteiger partial charge in [0, 0.05) is 10.7 Å². The van der Waals surface area contributed by atoms with Crippen LogP contribution >= 0.6 is 11.6 Å². The third kappa shape index (κ3) is 3.49. The van der Waals surface area contributed by atoms with E-state index in [4.69, 9.17) is 11.6 Å². The minimum atomic E-state index is -0.894. The number of carbonyl (C=O) groups excluding carboxylic acids is 3. The Morgan fingerprint density at radius 3 is 2.56 bits per heavy atom. The molecular weight excluding hydrogens is 342 g/mol. The van der Waals surface area contributed by atoms with Gasteiger partial charge in [0.2, 0.25) is 5.91 Å². The van der Waals surface area contributed by atoms with Crippen molar-refractivity contribution in [3.05, 3.63) is 29.3 Å². The Labute approximate surface area is 151 Å². The highest BCUT2D eigenvalue weighted by atomic mass is 35.5. The molecule has 1 saturated carbocycles. The molecule has 1 saturated heterocycles. The molecule has 1 unspecified atom stereocenters. The number of carbonyl (C=O) groups is 3. The zero-order chi connectivity index (χ0) is 18.0. The number of hydrogen-bond donors (Lipinski definition) is 2. The van der Waals surface area contributed by atoms with E-state index in [9.17, 15) is 14.4 Å². The predicted octanol–water partition coefficient (Wildman–Crippen LogP) is 3.31. The fraction of sp³-hybridized carbons (Fsp3) is 0.500. The van der Waals surface area contributed by atoms with Crippen LogP contribution < -0.4 is 10.6 Å². The molecule has 1 heterocycles. The number of urea groups is 1. The topological polar surface area (TPSA) is 78.5 Å². The van der Waals surface area contributed by atoms with Gasteiger partial charge in [0.05, 0.1) is 0 Å². The second kappa shape index (κ2) is 7.04. The first-order valence-electron chi connectivity index (χ1n) is 8.65. The van der Waals surface area contributed by atoms with Gasteiger partial charge in [0.15, 0.2) is 0 Å². The van der Waals surface area contributed by atoms with Gasteiger partial charge in [-0.05, 0) is 38.0 Å². The van der Waals surface area contributed by atoms with Crippen LogP contribution in [0.1, 0.15) is 45.4 Å². The number of imide groups is 1. The first kappa shape index (κ1) is 17.7. The van der Waals surface area contributed by atoms with E-state index < -0.39 is 23.5 Å². The summed E-state index contributed by atoms with van der Waals surface area (Å²) in [6.45, 7) is 1.56. The summed E-state index contributed by atoms with van der Waals surface area (Å²) in [5, 5.41) is 6.06. The number of nitrogens with one attached hydrogen (secondary N) is 2. The average Bonchev–Trinajstić information content (AvgIpc) is 2.72. The normalized spacial score (nSPS) is 21.0. The molecule has 1 atom stereocenters. The Hall–Kier alpha value is -2.08. The van der Waals surface area contributed by atoms with E-state index in [1.165, 1.54) is 0 Å².